The van der Waals surface area contributed by atoms with Crippen LogP contribution in [0.5, 0.6) is 17.2 Å². The molecular weight excluding hydrogens is 819 g/mol. The minimum absolute atomic E-state index is 0.143. The molecule has 59 heavy (non-hydrogen) atoms. The molecule has 1 aliphatic heterocycles. The number of carbonyl (C=O) groups excluding carboxylic acids is 3. The van der Waals surface area contributed by atoms with Crippen LogP contribution in [0.15, 0.2) is 78.9 Å². The normalized spacial score (nSPS) is 13.7. The zero-order valence-corrected chi connectivity index (χ0v) is 35.4. The van der Waals surface area contributed by atoms with Gasteiger partial charge in [0.25, 0.3) is 5.09 Å². The Morgan fingerprint density at radius 2 is 1.68 bits per heavy atom. The second-order valence-corrected chi connectivity index (χ2v) is 16.3. The molecule has 2 heterocycles. The maximum absolute atomic E-state index is 13.6. The SMILES string of the molecule is CCCCC(OC(=O)CN1CCN(CCCOc2ccc(-c3cc(=S)ss3)cc2)CC1)c1ccccc1C(=O)Oc1ccc(/C=C/C(=O)OCCO[N+](=O)[O-])cc1OC. The van der Waals surface area contributed by atoms with E-state index in [4.69, 9.17) is 35.9 Å². The molecule has 3 aromatic carbocycles. The lowest BCUT2D eigenvalue weighted by molar-refractivity contribution is -0.757. The fraction of sp³-hybridized carbons (Fsp3) is 0.381. The summed E-state index contributed by atoms with van der Waals surface area (Å²) in [7, 11) is 4.70. The third-order valence-corrected chi connectivity index (χ3v) is 12.2. The highest BCUT2D eigenvalue weighted by Crippen LogP contribution is 2.33. The van der Waals surface area contributed by atoms with Gasteiger partial charge in [-0.1, -0.05) is 70.5 Å². The van der Waals surface area contributed by atoms with Crippen molar-refractivity contribution in [3.8, 4) is 27.7 Å². The Morgan fingerprint density at radius 1 is 0.915 bits per heavy atom. The first-order valence-electron chi connectivity index (χ1n) is 19.2. The topological polar surface area (TPSA) is 156 Å². The summed E-state index contributed by atoms with van der Waals surface area (Å²) in [4.78, 5) is 58.9. The summed E-state index contributed by atoms with van der Waals surface area (Å²) in [6.07, 6.45) is 5.02. The van der Waals surface area contributed by atoms with Gasteiger partial charge in [0, 0.05) is 49.2 Å². The maximum atomic E-state index is 13.6. The van der Waals surface area contributed by atoms with E-state index >= 15 is 0 Å². The van der Waals surface area contributed by atoms with Gasteiger partial charge >= 0.3 is 17.9 Å². The standard InChI is InChI=1S/C42H47N3O11S3/c1-3-4-10-35(55-40(47)29-44-22-20-43(21-23-44)19-7-24-52-32-15-13-31(14-16-32)38-28-41(57)59-58-38)33-8-5-6-9-34(33)42(48)56-36-17-11-30(27-37(36)51-2)12-18-39(46)53-25-26-54-45(49)50/h5-6,8-9,11-18,27-28,35H,3-4,7,10,19-26,29H2,1-2H3/b18-12+. The maximum Gasteiger partial charge on any atom is 0.344 e. The van der Waals surface area contributed by atoms with Gasteiger partial charge in [-0.05, 0) is 85.0 Å². The minimum atomic E-state index is -0.973. The lowest BCUT2D eigenvalue weighted by atomic mass is 9.98. The van der Waals surface area contributed by atoms with Crippen molar-refractivity contribution < 1.29 is 48.0 Å². The number of hydrogen-bond donors (Lipinski definition) is 0. The first kappa shape index (κ1) is 44.9. The molecule has 0 bridgehead atoms. The van der Waals surface area contributed by atoms with Crippen LogP contribution in [0.4, 0.5) is 0 Å². The number of benzene rings is 3. The van der Waals surface area contributed by atoms with Gasteiger partial charge in [0.2, 0.25) is 0 Å². The molecule has 1 unspecified atom stereocenters. The van der Waals surface area contributed by atoms with E-state index in [1.165, 1.54) is 24.1 Å². The van der Waals surface area contributed by atoms with E-state index < -0.39 is 23.1 Å². The van der Waals surface area contributed by atoms with Crippen LogP contribution < -0.4 is 14.2 Å². The molecule has 14 nitrogen and oxygen atoms in total. The summed E-state index contributed by atoms with van der Waals surface area (Å²) in [6, 6.07) is 21.8. The van der Waals surface area contributed by atoms with Crippen molar-refractivity contribution in [2.24, 2.45) is 0 Å². The molecule has 17 heteroatoms. The Bertz CT molecular complexity index is 2100. The molecule has 0 aliphatic carbocycles. The van der Waals surface area contributed by atoms with Crippen molar-refractivity contribution in [2.75, 3.05) is 66.2 Å². The molecule has 0 radical (unpaired) electrons. The van der Waals surface area contributed by atoms with E-state index in [9.17, 15) is 24.5 Å². The van der Waals surface area contributed by atoms with Crippen molar-refractivity contribution in [1.82, 2.24) is 9.80 Å². The molecule has 1 atom stereocenters. The van der Waals surface area contributed by atoms with E-state index in [2.05, 4.69) is 33.7 Å². The molecule has 4 aromatic rings. The van der Waals surface area contributed by atoms with Gasteiger partial charge in [-0.3, -0.25) is 9.69 Å². The van der Waals surface area contributed by atoms with Crippen LogP contribution in [-0.4, -0.2) is 99.0 Å². The van der Waals surface area contributed by atoms with Crippen molar-refractivity contribution in [3.63, 3.8) is 0 Å². The summed E-state index contributed by atoms with van der Waals surface area (Å²) in [5.41, 5.74) is 2.49. The van der Waals surface area contributed by atoms with E-state index in [1.54, 1.807) is 57.1 Å². The average molecular weight is 866 g/mol. The number of nitrogens with zero attached hydrogens (tertiary/aromatic N) is 3. The van der Waals surface area contributed by atoms with Crippen molar-refractivity contribution in [2.45, 2.75) is 38.7 Å². The molecule has 0 spiro atoms. The van der Waals surface area contributed by atoms with Gasteiger partial charge in [0.05, 0.1) is 25.8 Å². The number of hydrogen-bond acceptors (Lipinski definition) is 16. The number of rotatable bonds is 22. The van der Waals surface area contributed by atoms with Gasteiger partial charge in [0.15, 0.2) is 11.5 Å². The minimum Gasteiger partial charge on any atom is -0.494 e. The Kier molecular flexibility index (Phi) is 17.8. The first-order valence-corrected chi connectivity index (χ1v) is 21.8. The number of unbranched alkanes of at least 4 members (excludes halogenated alkanes) is 1. The van der Waals surface area contributed by atoms with Gasteiger partial charge < -0.3 is 33.4 Å². The van der Waals surface area contributed by atoms with Gasteiger partial charge in [-0.25, -0.2) is 9.59 Å². The molecule has 1 aliphatic rings. The fourth-order valence-electron chi connectivity index (χ4n) is 6.24. The Labute approximate surface area is 355 Å². The van der Waals surface area contributed by atoms with Crippen molar-refractivity contribution in [3.05, 3.63) is 110 Å². The second-order valence-electron chi connectivity index (χ2n) is 13.4. The zero-order valence-electron chi connectivity index (χ0n) is 32.9. The lowest BCUT2D eigenvalue weighted by Crippen LogP contribution is -2.48. The number of methoxy groups -OCH3 is 1. The molecule has 0 N–H and O–H groups in total. The summed E-state index contributed by atoms with van der Waals surface area (Å²) < 4.78 is 29.1. The van der Waals surface area contributed by atoms with Crippen LogP contribution in [-0.2, 0) is 23.9 Å². The summed E-state index contributed by atoms with van der Waals surface area (Å²) in [5, 5.41) is 9.25. The molecule has 1 fully saturated rings. The average Bonchev–Trinajstić information content (AvgIpc) is 3.68. The summed E-state index contributed by atoms with van der Waals surface area (Å²) in [6.45, 7) is 6.18. The van der Waals surface area contributed by atoms with Gasteiger partial charge in [-0.2, -0.15) is 0 Å². The monoisotopic (exact) mass is 865 g/mol. The molecule has 314 valence electrons. The molecule has 1 aromatic heterocycles. The molecular formula is C42H47N3O11S3. The third-order valence-electron chi connectivity index (χ3n) is 9.25. The first-order chi connectivity index (χ1) is 28.6. The van der Waals surface area contributed by atoms with Crippen LogP contribution in [0.3, 0.4) is 0 Å². The van der Waals surface area contributed by atoms with Crippen LogP contribution in [0, 0.1) is 13.9 Å². The lowest BCUT2D eigenvalue weighted by Gasteiger charge is -2.34. The highest BCUT2D eigenvalue weighted by atomic mass is 32.9. The smallest absolute Gasteiger partial charge is 0.344 e. The number of esters is 3. The number of piperazine rings is 1. The van der Waals surface area contributed by atoms with E-state index in [-0.39, 0.29) is 42.8 Å². The summed E-state index contributed by atoms with van der Waals surface area (Å²) >= 11 is 5.25. The molecule has 1 saturated heterocycles. The van der Waals surface area contributed by atoms with Crippen LogP contribution in [0.2, 0.25) is 0 Å². The Hall–Kier alpha value is -5.20. The Balaban J connectivity index is 1.09. The number of carbonyl (C=O) groups is 3. The number of ether oxygens (including phenoxy) is 5. The summed E-state index contributed by atoms with van der Waals surface area (Å²) in [5.74, 6) is -0.512. The Morgan fingerprint density at radius 3 is 2.39 bits per heavy atom. The van der Waals surface area contributed by atoms with Crippen LogP contribution in [0.1, 0.15) is 60.2 Å². The highest BCUT2D eigenvalue weighted by molar-refractivity contribution is 7.80. The zero-order chi connectivity index (χ0) is 42.0. The van der Waals surface area contributed by atoms with E-state index in [0.29, 0.717) is 24.2 Å². The predicted octanol–water partition coefficient (Wildman–Crippen LogP) is 8.06. The predicted molar refractivity (Wildman–Crippen MR) is 227 cm³/mol. The van der Waals surface area contributed by atoms with Crippen molar-refractivity contribution >= 4 is 56.9 Å². The van der Waals surface area contributed by atoms with Crippen LogP contribution >= 0.6 is 32.9 Å². The van der Waals surface area contributed by atoms with Gasteiger partial charge in [0.1, 0.15) is 28.9 Å². The highest BCUT2D eigenvalue weighted by Gasteiger charge is 2.26. The molecule has 5 rings (SSSR count). The second kappa shape index (κ2) is 23.4. The molecule has 0 amide bonds. The fourth-order valence-corrected chi connectivity index (χ4v) is 8.64. The molecule has 0 saturated carbocycles. The van der Waals surface area contributed by atoms with Crippen LogP contribution in [0.25, 0.3) is 16.5 Å². The van der Waals surface area contributed by atoms with Crippen molar-refractivity contribution in [1.29, 1.82) is 0 Å². The quantitative estimate of drug-likeness (QED) is 0.0109. The largest absolute Gasteiger partial charge is 0.494 e. The van der Waals surface area contributed by atoms with E-state index in [1.807, 2.05) is 18.2 Å². The third kappa shape index (κ3) is 14.5. The van der Waals surface area contributed by atoms with Gasteiger partial charge in [-0.15, -0.1) is 10.1 Å². The van der Waals surface area contributed by atoms with E-state index in [0.717, 1.165) is 73.2 Å².